The molecule has 13 heavy (non-hydrogen) atoms. The van der Waals surface area contributed by atoms with Crippen LogP contribution < -0.4 is 0 Å². The molecule has 0 saturated carbocycles. The van der Waals surface area contributed by atoms with E-state index in [1.807, 2.05) is 0 Å². The first kappa shape index (κ1) is 9.45. The van der Waals surface area contributed by atoms with Gasteiger partial charge in [0, 0.05) is 5.56 Å². The Morgan fingerprint density at radius 3 is 2.62 bits per heavy atom. The van der Waals surface area contributed by atoms with Crippen LogP contribution >= 0.6 is 0 Å². The molecule has 0 spiro atoms. The van der Waals surface area contributed by atoms with E-state index in [9.17, 15) is 9.18 Å². The first-order valence-corrected chi connectivity index (χ1v) is 3.68. The third-order valence-corrected chi connectivity index (χ3v) is 1.60. The van der Waals surface area contributed by atoms with Gasteiger partial charge >= 0.3 is 5.97 Å². The second kappa shape index (κ2) is 3.85. The number of methoxy groups -OCH3 is 1. The SMILES string of the molecule is C=C(F)c1cccc(C(=O)OC)c1. The van der Waals surface area contributed by atoms with Crippen molar-refractivity contribution in [3.8, 4) is 0 Å². The van der Waals surface area contributed by atoms with E-state index in [1.54, 1.807) is 12.1 Å². The van der Waals surface area contributed by atoms with Gasteiger partial charge < -0.3 is 4.74 Å². The van der Waals surface area contributed by atoms with Crippen molar-refractivity contribution in [3.63, 3.8) is 0 Å². The number of ether oxygens (including phenoxy) is 1. The van der Waals surface area contributed by atoms with Gasteiger partial charge in [-0.1, -0.05) is 18.7 Å². The fourth-order valence-electron chi connectivity index (χ4n) is 0.933. The van der Waals surface area contributed by atoms with Gasteiger partial charge in [-0.25, -0.2) is 9.18 Å². The number of carbonyl (C=O) groups is 1. The van der Waals surface area contributed by atoms with Gasteiger partial charge in [-0.05, 0) is 12.1 Å². The maximum Gasteiger partial charge on any atom is 0.337 e. The average Bonchev–Trinajstić information content (AvgIpc) is 2.17. The third kappa shape index (κ3) is 2.15. The Hall–Kier alpha value is -1.64. The highest BCUT2D eigenvalue weighted by Crippen LogP contribution is 2.15. The summed E-state index contributed by atoms with van der Waals surface area (Å²) in [5.41, 5.74) is 0.613. The summed E-state index contributed by atoms with van der Waals surface area (Å²) in [7, 11) is 1.28. The lowest BCUT2D eigenvalue weighted by molar-refractivity contribution is 0.0600. The lowest BCUT2D eigenvalue weighted by Crippen LogP contribution is -2.00. The molecule has 0 radical (unpaired) electrons. The lowest BCUT2D eigenvalue weighted by atomic mass is 10.1. The smallest absolute Gasteiger partial charge is 0.337 e. The zero-order chi connectivity index (χ0) is 9.84. The molecule has 68 valence electrons. The lowest BCUT2D eigenvalue weighted by Gasteiger charge is -2.00. The zero-order valence-electron chi connectivity index (χ0n) is 7.21. The van der Waals surface area contributed by atoms with E-state index >= 15 is 0 Å². The first-order valence-electron chi connectivity index (χ1n) is 3.68. The van der Waals surface area contributed by atoms with E-state index < -0.39 is 11.8 Å². The number of hydrogen-bond donors (Lipinski definition) is 0. The zero-order valence-corrected chi connectivity index (χ0v) is 7.21. The van der Waals surface area contributed by atoms with E-state index in [0.29, 0.717) is 11.1 Å². The van der Waals surface area contributed by atoms with E-state index in [4.69, 9.17) is 0 Å². The fourth-order valence-corrected chi connectivity index (χ4v) is 0.933. The Morgan fingerprint density at radius 1 is 1.46 bits per heavy atom. The maximum absolute atomic E-state index is 12.6. The minimum absolute atomic E-state index is 0.294. The molecule has 0 unspecified atom stereocenters. The van der Waals surface area contributed by atoms with E-state index in [1.165, 1.54) is 19.2 Å². The minimum atomic E-state index is -0.564. The Morgan fingerprint density at radius 2 is 2.08 bits per heavy atom. The van der Waals surface area contributed by atoms with Gasteiger partial charge in [-0.15, -0.1) is 0 Å². The highest BCUT2D eigenvalue weighted by atomic mass is 19.1. The van der Waals surface area contributed by atoms with Crippen molar-refractivity contribution in [2.75, 3.05) is 7.11 Å². The van der Waals surface area contributed by atoms with Crippen LogP contribution in [-0.2, 0) is 4.74 Å². The molecule has 2 nitrogen and oxygen atoms in total. The summed E-state index contributed by atoms with van der Waals surface area (Å²) in [6.07, 6.45) is 0. The van der Waals surface area contributed by atoms with Crippen molar-refractivity contribution in [1.29, 1.82) is 0 Å². The molecule has 0 bridgehead atoms. The predicted molar refractivity (Wildman–Crippen MR) is 47.9 cm³/mol. The molecule has 1 rings (SSSR count). The second-order valence-electron chi connectivity index (χ2n) is 2.48. The van der Waals surface area contributed by atoms with Gasteiger partial charge in [0.1, 0.15) is 5.83 Å². The number of esters is 1. The van der Waals surface area contributed by atoms with Crippen LogP contribution in [-0.4, -0.2) is 13.1 Å². The predicted octanol–water partition coefficient (Wildman–Crippen LogP) is 2.41. The van der Waals surface area contributed by atoms with Crippen LogP contribution in [0.2, 0.25) is 0 Å². The van der Waals surface area contributed by atoms with Crippen molar-refractivity contribution < 1.29 is 13.9 Å². The van der Waals surface area contributed by atoms with Crippen molar-refractivity contribution in [2.24, 2.45) is 0 Å². The Bertz CT molecular complexity index is 345. The summed E-state index contributed by atoms with van der Waals surface area (Å²) in [5.74, 6) is -1.05. The number of rotatable bonds is 2. The first-order chi connectivity index (χ1) is 6.15. The molecule has 0 aromatic heterocycles. The summed E-state index contributed by atoms with van der Waals surface area (Å²) in [6, 6.07) is 6.06. The van der Waals surface area contributed by atoms with Crippen LogP contribution in [0.5, 0.6) is 0 Å². The Labute approximate surface area is 75.6 Å². The molecule has 0 aliphatic carbocycles. The molecule has 0 atom stereocenters. The van der Waals surface area contributed by atoms with Crippen LogP contribution in [0.3, 0.4) is 0 Å². The van der Waals surface area contributed by atoms with E-state index in [-0.39, 0.29) is 0 Å². The topological polar surface area (TPSA) is 26.3 Å². The number of halogens is 1. The molecular weight excluding hydrogens is 171 g/mol. The summed E-state index contributed by atoms with van der Waals surface area (Å²) >= 11 is 0. The normalized spacial score (nSPS) is 9.38. The van der Waals surface area contributed by atoms with Gasteiger partial charge in [0.2, 0.25) is 0 Å². The second-order valence-corrected chi connectivity index (χ2v) is 2.48. The van der Waals surface area contributed by atoms with Gasteiger partial charge in [0.25, 0.3) is 0 Å². The van der Waals surface area contributed by atoms with Crippen LogP contribution in [0.4, 0.5) is 4.39 Å². The van der Waals surface area contributed by atoms with Crippen molar-refractivity contribution in [2.45, 2.75) is 0 Å². The molecule has 0 aliphatic rings. The summed E-state index contributed by atoms with van der Waals surface area (Å²) in [5, 5.41) is 0. The van der Waals surface area contributed by atoms with Gasteiger partial charge in [-0.3, -0.25) is 0 Å². The molecule has 3 heteroatoms. The summed E-state index contributed by atoms with van der Waals surface area (Å²) in [4.78, 5) is 11.0. The summed E-state index contributed by atoms with van der Waals surface area (Å²) in [6.45, 7) is 3.13. The van der Waals surface area contributed by atoms with Crippen LogP contribution in [0.15, 0.2) is 30.8 Å². The van der Waals surface area contributed by atoms with Crippen LogP contribution in [0, 0.1) is 0 Å². The van der Waals surface area contributed by atoms with Crippen LogP contribution in [0.25, 0.3) is 5.83 Å². The number of carbonyl (C=O) groups excluding carboxylic acids is 1. The monoisotopic (exact) mass is 180 g/mol. The molecule has 1 aromatic carbocycles. The van der Waals surface area contributed by atoms with Gasteiger partial charge in [0.15, 0.2) is 0 Å². The van der Waals surface area contributed by atoms with Crippen molar-refractivity contribution in [3.05, 3.63) is 42.0 Å². The number of benzene rings is 1. The highest BCUT2D eigenvalue weighted by Gasteiger charge is 2.06. The minimum Gasteiger partial charge on any atom is -0.465 e. The van der Waals surface area contributed by atoms with Crippen LogP contribution in [0.1, 0.15) is 15.9 Å². The Balaban J connectivity index is 3.05. The van der Waals surface area contributed by atoms with Gasteiger partial charge in [0.05, 0.1) is 12.7 Å². The summed E-state index contributed by atoms with van der Waals surface area (Å²) < 4.78 is 17.1. The number of hydrogen-bond acceptors (Lipinski definition) is 2. The third-order valence-electron chi connectivity index (χ3n) is 1.60. The van der Waals surface area contributed by atoms with E-state index in [2.05, 4.69) is 11.3 Å². The molecule has 0 fully saturated rings. The van der Waals surface area contributed by atoms with Crippen molar-refractivity contribution in [1.82, 2.24) is 0 Å². The highest BCUT2D eigenvalue weighted by molar-refractivity contribution is 5.90. The molecular formula is C10H9FO2. The van der Waals surface area contributed by atoms with E-state index in [0.717, 1.165) is 0 Å². The molecule has 0 amide bonds. The molecule has 1 aromatic rings. The maximum atomic E-state index is 12.6. The average molecular weight is 180 g/mol. The molecule has 0 heterocycles. The standard InChI is InChI=1S/C10H9FO2/c1-7(11)8-4-3-5-9(6-8)10(12)13-2/h3-6H,1H2,2H3. The Kier molecular flexibility index (Phi) is 2.80. The quantitative estimate of drug-likeness (QED) is 0.653. The van der Waals surface area contributed by atoms with Gasteiger partial charge in [-0.2, -0.15) is 0 Å². The largest absolute Gasteiger partial charge is 0.465 e. The molecule has 0 saturated heterocycles. The van der Waals surface area contributed by atoms with Crippen molar-refractivity contribution >= 4 is 11.8 Å². The molecule has 0 aliphatic heterocycles. The molecule has 0 N–H and O–H groups in total. The fraction of sp³-hybridized carbons (Fsp3) is 0.100.